The number of fused-ring (bicyclic) bond motifs is 1. The van der Waals surface area contributed by atoms with Gasteiger partial charge in [0.15, 0.2) is 11.5 Å². The standard InChI is InChI=1S/C26H37N7O5S/c1-7-13-39(28,37)24-29-21(27)20-22(30-24)32(15-18-11-9-8-10-12-18)26(36)33(20)25(35)31(6)19(14-16(2)3)23(34)38-17(4)5/h8-12,16-17,19,28H,7,13-15H2,1-6H3,(H2,27,29,30)/t19-,39?/m0/s1. The van der Waals surface area contributed by atoms with Crippen molar-refractivity contribution in [2.45, 2.75) is 71.3 Å². The summed E-state index contributed by atoms with van der Waals surface area (Å²) in [5.41, 5.74) is 6.15. The van der Waals surface area contributed by atoms with E-state index in [-0.39, 0.29) is 40.4 Å². The molecule has 0 radical (unpaired) electrons. The number of benzene rings is 1. The third-order valence-electron chi connectivity index (χ3n) is 6.02. The highest BCUT2D eigenvalue weighted by Crippen LogP contribution is 2.23. The van der Waals surface area contributed by atoms with E-state index in [2.05, 4.69) is 9.97 Å². The van der Waals surface area contributed by atoms with Crippen molar-refractivity contribution in [3.05, 3.63) is 46.4 Å². The van der Waals surface area contributed by atoms with E-state index >= 15 is 0 Å². The first kappa shape index (κ1) is 29.8. The van der Waals surface area contributed by atoms with Crippen molar-refractivity contribution >= 4 is 38.7 Å². The van der Waals surface area contributed by atoms with Gasteiger partial charge in [0.1, 0.15) is 21.3 Å². The molecule has 1 unspecified atom stereocenters. The molecule has 2 atom stereocenters. The van der Waals surface area contributed by atoms with Crippen molar-refractivity contribution in [3.8, 4) is 0 Å². The summed E-state index contributed by atoms with van der Waals surface area (Å²) < 4.78 is 28.8. The lowest BCUT2D eigenvalue weighted by molar-refractivity contribution is -0.153. The predicted molar refractivity (Wildman–Crippen MR) is 149 cm³/mol. The van der Waals surface area contributed by atoms with Crippen LogP contribution < -0.4 is 11.4 Å². The highest BCUT2D eigenvalue weighted by Gasteiger charge is 2.34. The number of amides is 1. The van der Waals surface area contributed by atoms with Crippen molar-refractivity contribution in [3.63, 3.8) is 0 Å². The largest absolute Gasteiger partial charge is 0.461 e. The maximum Gasteiger partial charge on any atom is 0.339 e. The van der Waals surface area contributed by atoms with E-state index in [9.17, 15) is 18.6 Å². The van der Waals surface area contributed by atoms with Crippen LogP contribution in [0.25, 0.3) is 11.2 Å². The molecule has 3 N–H and O–H groups in total. The number of aromatic nitrogens is 4. The van der Waals surface area contributed by atoms with E-state index in [1.54, 1.807) is 32.9 Å². The summed E-state index contributed by atoms with van der Waals surface area (Å²) in [5, 5.41) is -0.299. The van der Waals surface area contributed by atoms with Gasteiger partial charge in [0.2, 0.25) is 5.16 Å². The Bertz CT molecular complexity index is 1510. The Morgan fingerprint density at radius 1 is 1.15 bits per heavy atom. The molecule has 0 aliphatic heterocycles. The first-order valence-electron chi connectivity index (χ1n) is 12.8. The van der Waals surface area contributed by atoms with Gasteiger partial charge in [-0.3, -0.25) is 4.57 Å². The Morgan fingerprint density at radius 2 is 1.79 bits per heavy atom. The minimum Gasteiger partial charge on any atom is -0.461 e. The molecule has 3 rings (SSSR count). The maximum absolute atomic E-state index is 13.9. The van der Waals surface area contributed by atoms with Crippen LogP contribution in [0.2, 0.25) is 0 Å². The van der Waals surface area contributed by atoms with E-state index in [1.165, 1.54) is 11.6 Å². The van der Waals surface area contributed by atoms with Crippen LogP contribution in [0.3, 0.4) is 0 Å². The van der Waals surface area contributed by atoms with Crippen molar-refractivity contribution in [1.29, 1.82) is 4.78 Å². The Hall–Kier alpha value is -3.74. The van der Waals surface area contributed by atoms with Crippen molar-refractivity contribution in [1.82, 2.24) is 24.0 Å². The topological polar surface area (TPSA) is 166 Å². The Kier molecular flexibility index (Phi) is 9.15. The molecule has 3 aromatic rings. The average Bonchev–Trinajstić information content (AvgIpc) is 3.13. The molecule has 39 heavy (non-hydrogen) atoms. The quantitative estimate of drug-likeness (QED) is 0.282. The normalized spacial score (nSPS) is 13.9. The van der Waals surface area contributed by atoms with Gasteiger partial charge in [0.05, 0.1) is 12.6 Å². The average molecular weight is 560 g/mol. The lowest BCUT2D eigenvalue weighted by Gasteiger charge is -2.28. The third kappa shape index (κ3) is 6.47. The molecule has 1 amide bonds. The number of nitrogen functional groups attached to an aromatic ring is 1. The van der Waals surface area contributed by atoms with Crippen LogP contribution in [0.5, 0.6) is 0 Å². The van der Waals surface area contributed by atoms with E-state index in [4.69, 9.17) is 15.3 Å². The van der Waals surface area contributed by atoms with Gasteiger partial charge in [0.25, 0.3) is 0 Å². The van der Waals surface area contributed by atoms with Gasteiger partial charge in [-0.1, -0.05) is 51.1 Å². The predicted octanol–water partition coefficient (Wildman–Crippen LogP) is 3.31. The monoisotopic (exact) mass is 559 g/mol. The number of esters is 1. The second-order valence-electron chi connectivity index (χ2n) is 10.2. The highest BCUT2D eigenvalue weighted by atomic mass is 32.2. The zero-order chi connectivity index (χ0) is 29.1. The van der Waals surface area contributed by atoms with Crippen LogP contribution in [0.15, 0.2) is 40.3 Å². The fourth-order valence-electron chi connectivity index (χ4n) is 4.22. The summed E-state index contributed by atoms with van der Waals surface area (Å²) in [6.45, 7) is 9.07. The van der Waals surface area contributed by atoms with Gasteiger partial charge >= 0.3 is 17.7 Å². The van der Waals surface area contributed by atoms with Crippen molar-refractivity contribution in [2.24, 2.45) is 5.92 Å². The minimum absolute atomic E-state index is 0.0120. The van der Waals surface area contributed by atoms with E-state index < -0.39 is 39.6 Å². The summed E-state index contributed by atoms with van der Waals surface area (Å²) in [6, 6.07) is 7.28. The van der Waals surface area contributed by atoms with Gasteiger partial charge in [0, 0.05) is 12.8 Å². The summed E-state index contributed by atoms with van der Waals surface area (Å²) >= 11 is 0. The molecule has 0 saturated carbocycles. The van der Waals surface area contributed by atoms with Crippen LogP contribution in [0, 0.1) is 10.7 Å². The van der Waals surface area contributed by atoms with Crippen molar-refractivity contribution in [2.75, 3.05) is 18.5 Å². The smallest absolute Gasteiger partial charge is 0.339 e. The molecule has 2 heterocycles. The van der Waals surface area contributed by atoms with Gasteiger partial charge < -0.3 is 15.4 Å². The highest BCUT2D eigenvalue weighted by molar-refractivity contribution is 7.92. The molecular weight excluding hydrogens is 522 g/mol. The minimum atomic E-state index is -3.39. The molecule has 0 aliphatic rings. The summed E-state index contributed by atoms with van der Waals surface area (Å²) in [6.07, 6.45) is 0.366. The number of nitrogens with zero attached hydrogens (tertiary/aromatic N) is 5. The number of imidazole rings is 1. The number of nitrogens with two attached hydrogens (primary N) is 1. The van der Waals surface area contributed by atoms with Gasteiger partial charge in [-0.15, -0.1) is 0 Å². The molecular formula is C26H37N7O5S. The fourth-order valence-corrected chi connectivity index (χ4v) is 5.46. The number of hydrogen-bond acceptors (Lipinski definition) is 9. The number of rotatable bonds is 10. The zero-order valence-electron chi connectivity index (χ0n) is 23.2. The molecule has 0 aliphatic carbocycles. The Morgan fingerprint density at radius 3 is 2.36 bits per heavy atom. The fraction of sp³-hybridized carbons (Fsp3) is 0.500. The summed E-state index contributed by atoms with van der Waals surface area (Å²) in [4.78, 5) is 50.2. The molecule has 0 saturated heterocycles. The van der Waals surface area contributed by atoms with Crippen LogP contribution in [0.1, 0.15) is 53.0 Å². The Balaban J connectivity index is 2.25. The summed E-state index contributed by atoms with van der Waals surface area (Å²) in [5.74, 6) is -0.795. The van der Waals surface area contributed by atoms with E-state index in [0.717, 1.165) is 15.0 Å². The van der Waals surface area contributed by atoms with E-state index in [0.29, 0.717) is 12.8 Å². The molecule has 12 nitrogen and oxygen atoms in total. The van der Waals surface area contributed by atoms with Crippen LogP contribution in [-0.2, 0) is 25.8 Å². The number of anilines is 1. The van der Waals surface area contributed by atoms with Crippen LogP contribution in [0.4, 0.5) is 10.6 Å². The lowest BCUT2D eigenvalue weighted by Crippen LogP contribution is -2.48. The van der Waals surface area contributed by atoms with Gasteiger partial charge in [-0.2, -0.15) is 4.98 Å². The van der Waals surface area contributed by atoms with Crippen LogP contribution >= 0.6 is 0 Å². The van der Waals surface area contributed by atoms with E-state index in [1.807, 2.05) is 32.0 Å². The number of likely N-dealkylation sites (N-methyl/N-ethyl adjacent to an activating group) is 1. The molecule has 0 spiro atoms. The molecule has 0 bridgehead atoms. The first-order valence-corrected chi connectivity index (χ1v) is 14.6. The van der Waals surface area contributed by atoms with Crippen LogP contribution in [-0.4, -0.2) is 65.2 Å². The number of nitrogens with one attached hydrogen (secondary N) is 1. The number of carbonyl (C=O) groups excluding carboxylic acids is 2. The lowest BCUT2D eigenvalue weighted by atomic mass is 10.0. The number of ether oxygens (including phenoxy) is 1. The SMILES string of the molecule is CCCS(=N)(=O)c1nc(N)c2c(n1)n(Cc1ccccc1)c(=O)n2C(=O)N(C)[C@@H](CC(C)C)C(=O)OC(C)C. The zero-order valence-corrected chi connectivity index (χ0v) is 24.0. The molecule has 0 fully saturated rings. The molecule has 13 heteroatoms. The summed E-state index contributed by atoms with van der Waals surface area (Å²) in [7, 11) is -1.96. The molecule has 1 aromatic carbocycles. The Labute approximate surface area is 228 Å². The first-order chi connectivity index (χ1) is 18.3. The number of hydrogen-bond donors (Lipinski definition) is 2. The second kappa shape index (κ2) is 12.0. The number of carbonyl (C=O) groups is 2. The second-order valence-corrected chi connectivity index (χ2v) is 12.3. The molecule has 212 valence electrons. The van der Waals surface area contributed by atoms with Gasteiger partial charge in [-0.25, -0.2) is 32.9 Å². The third-order valence-corrected chi connectivity index (χ3v) is 7.78. The maximum atomic E-state index is 13.9. The van der Waals surface area contributed by atoms with Crippen molar-refractivity contribution < 1.29 is 18.5 Å². The van der Waals surface area contributed by atoms with Gasteiger partial charge in [-0.05, 0) is 38.2 Å². The molecule has 2 aromatic heterocycles.